The lowest BCUT2D eigenvalue weighted by Crippen LogP contribution is -2.17. The second-order valence-corrected chi connectivity index (χ2v) is 3.72. The minimum atomic E-state index is -0.437. The zero-order chi connectivity index (χ0) is 13.7. The Balaban J connectivity index is 2.32. The maximum absolute atomic E-state index is 12.1. The number of hydrogen-bond acceptors (Lipinski definition) is 5. The number of methoxy groups -OCH3 is 1. The lowest BCUT2D eigenvalue weighted by molar-refractivity contribution is 0.105. The van der Waals surface area contributed by atoms with Gasteiger partial charge in [-0.3, -0.25) is 9.78 Å². The number of nitrogens with zero attached hydrogens (tertiary/aromatic N) is 2. The fraction of sp³-hybridized carbons (Fsp3) is 0.0714. The maximum Gasteiger partial charge on any atom is 0.233 e. The van der Waals surface area contributed by atoms with Crippen molar-refractivity contribution in [3.05, 3.63) is 59.9 Å². The second-order valence-electron chi connectivity index (χ2n) is 3.72. The minimum Gasteiger partial charge on any atom is -0.497 e. The molecule has 0 atom stereocenters. The zero-order valence-corrected chi connectivity index (χ0v) is 10.3. The molecule has 1 aromatic carbocycles. The van der Waals surface area contributed by atoms with Crippen LogP contribution in [0.3, 0.4) is 0 Å². The highest BCUT2D eigenvalue weighted by Crippen LogP contribution is 2.13. The van der Waals surface area contributed by atoms with E-state index in [4.69, 9.17) is 9.94 Å². The highest BCUT2D eigenvalue weighted by atomic mass is 16.5. The van der Waals surface area contributed by atoms with Crippen molar-refractivity contribution in [3.63, 3.8) is 0 Å². The molecule has 1 aromatic heterocycles. The van der Waals surface area contributed by atoms with E-state index in [0.717, 1.165) is 0 Å². The monoisotopic (exact) mass is 256 g/mol. The highest BCUT2D eigenvalue weighted by molar-refractivity contribution is 6.50. The third-order valence-corrected chi connectivity index (χ3v) is 2.58. The van der Waals surface area contributed by atoms with Gasteiger partial charge in [0, 0.05) is 11.8 Å². The molecule has 0 bridgehead atoms. The third kappa shape index (κ3) is 2.77. The van der Waals surface area contributed by atoms with Gasteiger partial charge in [-0.1, -0.05) is 11.2 Å². The Morgan fingerprint density at radius 2 is 1.95 bits per heavy atom. The second kappa shape index (κ2) is 5.77. The van der Waals surface area contributed by atoms with Crippen LogP contribution >= 0.6 is 0 Å². The summed E-state index contributed by atoms with van der Waals surface area (Å²) in [5.74, 6) is 0.222. The summed E-state index contributed by atoms with van der Waals surface area (Å²) in [6, 6.07) is 11.6. The van der Waals surface area contributed by atoms with Gasteiger partial charge in [0.1, 0.15) is 11.4 Å². The van der Waals surface area contributed by atoms with E-state index in [0.29, 0.717) is 11.3 Å². The number of ketones is 1. The Bertz CT molecular complexity index is 592. The Hall–Kier alpha value is -2.69. The molecular weight excluding hydrogens is 244 g/mol. The van der Waals surface area contributed by atoms with Crippen molar-refractivity contribution in [2.75, 3.05) is 7.11 Å². The van der Waals surface area contributed by atoms with Gasteiger partial charge < -0.3 is 9.94 Å². The minimum absolute atomic E-state index is 0.0543. The zero-order valence-electron chi connectivity index (χ0n) is 10.3. The lowest BCUT2D eigenvalue weighted by Gasteiger charge is -2.04. The van der Waals surface area contributed by atoms with Gasteiger partial charge in [0.25, 0.3) is 0 Å². The van der Waals surface area contributed by atoms with Crippen molar-refractivity contribution in [1.82, 2.24) is 4.98 Å². The van der Waals surface area contributed by atoms with Gasteiger partial charge in [0.15, 0.2) is 5.71 Å². The van der Waals surface area contributed by atoms with Gasteiger partial charge in [0.05, 0.1) is 7.11 Å². The van der Waals surface area contributed by atoms with Gasteiger partial charge >= 0.3 is 0 Å². The van der Waals surface area contributed by atoms with Crippen LogP contribution in [0.5, 0.6) is 5.75 Å². The first kappa shape index (κ1) is 12.8. The van der Waals surface area contributed by atoms with Crippen LogP contribution in [0.2, 0.25) is 0 Å². The Kier molecular flexibility index (Phi) is 3.87. The summed E-state index contributed by atoms with van der Waals surface area (Å²) in [5, 5.41) is 12.1. The van der Waals surface area contributed by atoms with Gasteiger partial charge in [-0.2, -0.15) is 0 Å². The van der Waals surface area contributed by atoms with E-state index in [-0.39, 0.29) is 11.4 Å². The van der Waals surface area contributed by atoms with E-state index in [1.54, 1.807) is 49.6 Å². The number of rotatable bonds is 4. The SMILES string of the molecule is COc1ccc(/C(=N/O)C(=O)c2ccccn2)cc1. The Morgan fingerprint density at radius 1 is 1.21 bits per heavy atom. The van der Waals surface area contributed by atoms with Crippen molar-refractivity contribution in [2.45, 2.75) is 0 Å². The number of hydrogen-bond donors (Lipinski definition) is 1. The average Bonchev–Trinajstić information content (AvgIpc) is 2.49. The number of ether oxygens (including phenoxy) is 1. The fourth-order valence-electron chi connectivity index (χ4n) is 1.60. The molecule has 5 nitrogen and oxygen atoms in total. The van der Waals surface area contributed by atoms with Crippen LogP contribution in [0.1, 0.15) is 16.1 Å². The normalized spacial score (nSPS) is 11.1. The quantitative estimate of drug-likeness (QED) is 0.394. The van der Waals surface area contributed by atoms with Gasteiger partial charge in [-0.25, -0.2) is 0 Å². The predicted molar refractivity (Wildman–Crippen MR) is 69.9 cm³/mol. The van der Waals surface area contributed by atoms with Gasteiger partial charge in [-0.05, 0) is 36.4 Å². The molecule has 0 saturated carbocycles. The standard InChI is InChI=1S/C14H12N2O3/c1-19-11-7-5-10(6-8-11)13(16-18)14(17)12-4-2-3-9-15-12/h2-9,18H,1H3/b16-13-. The van der Waals surface area contributed by atoms with Crippen LogP contribution in [0.15, 0.2) is 53.8 Å². The molecule has 1 N–H and O–H groups in total. The van der Waals surface area contributed by atoms with Crippen molar-refractivity contribution in [1.29, 1.82) is 0 Å². The van der Waals surface area contributed by atoms with E-state index in [9.17, 15) is 4.79 Å². The topological polar surface area (TPSA) is 71.8 Å². The first-order valence-electron chi connectivity index (χ1n) is 5.58. The van der Waals surface area contributed by atoms with Crippen LogP contribution in [0.4, 0.5) is 0 Å². The largest absolute Gasteiger partial charge is 0.497 e. The average molecular weight is 256 g/mol. The van der Waals surface area contributed by atoms with Gasteiger partial charge in [0.2, 0.25) is 5.78 Å². The maximum atomic E-state index is 12.1. The molecule has 0 saturated heterocycles. The van der Waals surface area contributed by atoms with Crippen LogP contribution < -0.4 is 4.74 Å². The van der Waals surface area contributed by atoms with Crippen molar-refractivity contribution in [2.24, 2.45) is 5.16 Å². The molecular formula is C14H12N2O3. The summed E-state index contributed by atoms with van der Waals surface area (Å²) < 4.78 is 5.03. The highest BCUT2D eigenvalue weighted by Gasteiger charge is 2.17. The van der Waals surface area contributed by atoms with Crippen LogP contribution in [0, 0.1) is 0 Å². The van der Waals surface area contributed by atoms with E-state index in [2.05, 4.69) is 10.1 Å². The van der Waals surface area contributed by atoms with Crippen LogP contribution in [-0.4, -0.2) is 28.8 Å². The van der Waals surface area contributed by atoms with Crippen LogP contribution in [0.25, 0.3) is 0 Å². The van der Waals surface area contributed by atoms with E-state index in [1.807, 2.05) is 0 Å². The first-order chi connectivity index (χ1) is 9.26. The molecule has 0 unspecified atom stereocenters. The summed E-state index contributed by atoms with van der Waals surface area (Å²) in [4.78, 5) is 16.1. The number of carbonyl (C=O) groups is 1. The number of benzene rings is 1. The Labute approximate surface area is 110 Å². The molecule has 0 amide bonds. The fourth-order valence-corrected chi connectivity index (χ4v) is 1.60. The summed E-state index contributed by atoms with van der Waals surface area (Å²) in [7, 11) is 1.55. The summed E-state index contributed by atoms with van der Waals surface area (Å²) >= 11 is 0. The molecule has 19 heavy (non-hydrogen) atoms. The Morgan fingerprint density at radius 3 is 2.47 bits per heavy atom. The molecule has 0 spiro atoms. The number of pyridine rings is 1. The lowest BCUT2D eigenvalue weighted by atomic mass is 10.0. The van der Waals surface area contributed by atoms with Crippen LogP contribution in [-0.2, 0) is 0 Å². The number of aromatic nitrogens is 1. The molecule has 1 heterocycles. The predicted octanol–water partition coefficient (Wildman–Crippen LogP) is 2.15. The molecule has 0 fully saturated rings. The number of Topliss-reactive ketones (excluding diaryl/α,β-unsaturated/α-hetero) is 1. The molecule has 0 radical (unpaired) electrons. The molecule has 2 rings (SSSR count). The molecule has 5 heteroatoms. The van der Waals surface area contributed by atoms with E-state index < -0.39 is 5.78 Å². The van der Waals surface area contributed by atoms with Crippen molar-refractivity contribution >= 4 is 11.5 Å². The molecule has 2 aromatic rings. The summed E-state index contributed by atoms with van der Waals surface area (Å²) in [6.07, 6.45) is 1.51. The number of carbonyl (C=O) groups excluding carboxylic acids is 1. The van der Waals surface area contributed by atoms with E-state index >= 15 is 0 Å². The first-order valence-corrected chi connectivity index (χ1v) is 5.58. The molecule has 96 valence electrons. The van der Waals surface area contributed by atoms with Crippen molar-refractivity contribution < 1.29 is 14.7 Å². The van der Waals surface area contributed by atoms with E-state index in [1.165, 1.54) is 6.20 Å². The summed E-state index contributed by atoms with van der Waals surface area (Å²) in [5.41, 5.74) is 0.673. The van der Waals surface area contributed by atoms with Gasteiger partial charge in [-0.15, -0.1) is 0 Å². The molecule has 0 aliphatic rings. The third-order valence-electron chi connectivity index (χ3n) is 2.58. The summed E-state index contributed by atoms with van der Waals surface area (Å²) in [6.45, 7) is 0. The molecule has 0 aliphatic heterocycles. The molecule has 0 aliphatic carbocycles. The number of oxime groups is 1. The van der Waals surface area contributed by atoms with Crippen molar-refractivity contribution in [3.8, 4) is 5.75 Å². The smallest absolute Gasteiger partial charge is 0.233 e.